The van der Waals surface area contributed by atoms with Crippen LogP contribution in [0.25, 0.3) is 16.3 Å². The van der Waals surface area contributed by atoms with Crippen molar-refractivity contribution in [3.8, 4) is 0 Å². The van der Waals surface area contributed by atoms with Crippen molar-refractivity contribution in [3.05, 3.63) is 107 Å². The highest BCUT2D eigenvalue weighted by molar-refractivity contribution is 8.35. The van der Waals surface area contributed by atoms with E-state index in [1.54, 1.807) is 12.1 Å². The fourth-order valence-electron chi connectivity index (χ4n) is 6.55. The van der Waals surface area contributed by atoms with Crippen LogP contribution in [0.1, 0.15) is 74.2 Å². The Morgan fingerprint density at radius 2 is 1.27 bits per heavy atom. The molecule has 0 spiro atoms. The SMILES string of the molecule is CC(C)S(c1ccc2ccc(C3=CC4=C(C=CC3)C(=O)c3ccccc3C4=O)cc2c1)(C(C)C)C(C)C. The number of hydrogen-bond acceptors (Lipinski definition) is 2. The number of rotatable bonds is 5. The number of carbonyl (C=O) groups is 2. The number of fused-ring (bicyclic) bond motifs is 2. The molecule has 0 bridgehead atoms. The molecule has 0 fully saturated rings. The standard InChI is InChI=1S/C34H36O2S/c1-21(2)37(22(3)4,23(5)6)28-17-16-24-14-15-26(18-27(24)19-28)25-10-9-13-31-32(20-25)34(36)30-12-8-7-11-29(30)33(31)35/h7-9,11-23H,10H2,1-6H3. The van der Waals surface area contributed by atoms with E-state index < -0.39 is 10.0 Å². The highest BCUT2D eigenvalue weighted by Crippen LogP contribution is 2.66. The highest BCUT2D eigenvalue weighted by Gasteiger charge is 2.36. The molecule has 0 amide bonds. The van der Waals surface area contributed by atoms with Gasteiger partial charge in [0.1, 0.15) is 0 Å². The maximum atomic E-state index is 13.4. The number of benzene rings is 3. The lowest BCUT2D eigenvalue weighted by Crippen LogP contribution is -2.28. The minimum absolute atomic E-state index is 0.0718. The zero-order chi connectivity index (χ0) is 26.5. The zero-order valence-corrected chi connectivity index (χ0v) is 23.5. The summed E-state index contributed by atoms with van der Waals surface area (Å²) in [5, 5.41) is 4.22. The van der Waals surface area contributed by atoms with Gasteiger partial charge in [-0.1, -0.05) is 96.2 Å². The van der Waals surface area contributed by atoms with E-state index in [0.717, 1.165) is 11.1 Å². The summed E-state index contributed by atoms with van der Waals surface area (Å²) in [6.07, 6.45) is 6.47. The van der Waals surface area contributed by atoms with E-state index in [2.05, 4.69) is 77.9 Å². The van der Waals surface area contributed by atoms with Crippen molar-refractivity contribution < 1.29 is 9.59 Å². The summed E-state index contributed by atoms with van der Waals surface area (Å²) in [6, 6.07) is 20.8. The molecule has 0 aliphatic heterocycles. The van der Waals surface area contributed by atoms with E-state index in [1.165, 1.54) is 15.7 Å². The van der Waals surface area contributed by atoms with Crippen LogP contribution in [-0.4, -0.2) is 27.3 Å². The zero-order valence-electron chi connectivity index (χ0n) is 22.7. The first-order valence-corrected chi connectivity index (χ1v) is 15.1. The maximum absolute atomic E-state index is 13.4. The van der Waals surface area contributed by atoms with Gasteiger partial charge in [0.05, 0.1) is 0 Å². The molecule has 0 saturated carbocycles. The molecule has 0 aromatic heterocycles. The van der Waals surface area contributed by atoms with Gasteiger partial charge in [-0.2, -0.15) is 0 Å². The van der Waals surface area contributed by atoms with Crippen LogP contribution in [0.15, 0.2) is 94.9 Å². The largest absolute Gasteiger partial charge is 0.289 e. The summed E-state index contributed by atoms with van der Waals surface area (Å²) >= 11 is 0. The third kappa shape index (κ3) is 4.05. The van der Waals surface area contributed by atoms with Crippen LogP contribution < -0.4 is 0 Å². The van der Waals surface area contributed by atoms with Crippen molar-refractivity contribution in [2.75, 3.05) is 0 Å². The topological polar surface area (TPSA) is 34.1 Å². The first kappa shape index (κ1) is 25.5. The number of ketones is 2. The van der Waals surface area contributed by atoms with Gasteiger partial charge in [-0.15, -0.1) is 0 Å². The summed E-state index contributed by atoms with van der Waals surface area (Å²) < 4.78 is 0. The number of Topliss-reactive ketones (excluding diaryl/α,β-unsaturated/α-hetero) is 2. The molecule has 5 rings (SSSR count). The molecule has 0 heterocycles. The average molecular weight is 509 g/mol. The second kappa shape index (κ2) is 9.61. The van der Waals surface area contributed by atoms with Gasteiger partial charge in [0, 0.05) is 22.3 Å². The lowest BCUT2D eigenvalue weighted by Gasteiger charge is -2.52. The van der Waals surface area contributed by atoms with E-state index >= 15 is 0 Å². The quantitative estimate of drug-likeness (QED) is 0.345. The third-order valence-corrected chi connectivity index (χ3v) is 13.8. The van der Waals surface area contributed by atoms with E-state index in [4.69, 9.17) is 0 Å². The van der Waals surface area contributed by atoms with Crippen molar-refractivity contribution in [3.63, 3.8) is 0 Å². The lowest BCUT2D eigenvalue weighted by molar-refractivity contribution is 0.0981. The molecule has 190 valence electrons. The molecule has 2 aliphatic rings. The van der Waals surface area contributed by atoms with Gasteiger partial charge in [-0.25, -0.2) is 10.0 Å². The van der Waals surface area contributed by atoms with Crippen LogP contribution in [-0.2, 0) is 0 Å². The normalized spacial score (nSPS) is 16.4. The second-order valence-corrected chi connectivity index (χ2v) is 15.8. The van der Waals surface area contributed by atoms with Crippen molar-refractivity contribution in [1.29, 1.82) is 0 Å². The number of hydrogen-bond donors (Lipinski definition) is 0. The molecular formula is C34H36O2S. The Labute approximate surface area is 222 Å². The molecule has 0 saturated heterocycles. The first-order valence-electron chi connectivity index (χ1n) is 13.3. The molecule has 3 aromatic rings. The van der Waals surface area contributed by atoms with Gasteiger partial charge in [-0.3, -0.25) is 9.59 Å². The van der Waals surface area contributed by atoms with Gasteiger partial charge < -0.3 is 0 Å². The van der Waals surface area contributed by atoms with Crippen molar-refractivity contribution >= 4 is 37.9 Å². The Balaban J connectivity index is 1.62. The second-order valence-electron chi connectivity index (χ2n) is 10.9. The van der Waals surface area contributed by atoms with Gasteiger partial charge in [-0.05, 0) is 73.3 Å². The van der Waals surface area contributed by atoms with Crippen LogP contribution in [0.2, 0.25) is 0 Å². The predicted octanol–water partition coefficient (Wildman–Crippen LogP) is 8.95. The minimum Gasteiger partial charge on any atom is -0.289 e. The summed E-state index contributed by atoms with van der Waals surface area (Å²) in [7, 11) is -1.03. The monoisotopic (exact) mass is 508 g/mol. The van der Waals surface area contributed by atoms with E-state index in [-0.39, 0.29) is 11.6 Å². The van der Waals surface area contributed by atoms with Crippen LogP contribution in [0.5, 0.6) is 0 Å². The number of carbonyl (C=O) groups excluding carboxylic acids is 2. The Morgan fingerprint density at radius 3 is 1.89 bits per heavy atom. The van der Waals surface area contributed by atoms with Crippen LogP contribution in [0.3, 0.4) is 0 Å². The molecule has 0 radical (unpaired) electrons. The van der Waals surface area contributed by atoms with Crippen molar-refractivity contribution in [2.45, 2.75) is 68.6 Å². The van der Waals surface area contributed by atoms with Gasteiger partial charge >= 0.3 is 0 Å². The van der Waals surface area contributed by atoms with E-state index in [0.29, 0.717) is 44.4 Å². The lowest BCUT2D eigenvalue weighted by atomic mass is 9.83. The molecule has 2 nitrogen and oxygen atoms in total. The summed E-state index contributed by atoms with van der Waals surface area (Å²) in [6.45, 7) is 14.3. The molecule has 0 unspecified atom stereocenters. The van der Waals surface area contributed by atoms with Crippen molar-refractivity contribution in [1.82, 2.24) is 0 Å². The van der Waals surface area contributed by atoms with Gasteiger partial charge in [0.25, 0.3) is 0 Å². The molecule has 3 heteroatoms. The Hall–Kier alpha value is -3.17. The Bertz CT molecular complexity index is 1490. The highest BCUT2D eigenvalue weighted by atomic mass is 32.3. The Morgan fingerprint density at radius 1 is 0.676 bits per heavy atom. The summed E-state index contributed by atoms with van der Waals surface area (Å²) in [5.41, 5.74) is 4.16. The molecule has 0 N–H and O–H groups in total. The van der Waals surface area contributed by atoms with Gasteiger partial charge in [0.2, 0.25) is 0 Å². The Kier molecular flexibility index (Phi) is 6.62. The molecule has 3 aromatic carbocycles. The molecule has 0 atom stereocenters. The first-order chi connectivity index (χ1) is 17.7. The smallest absolute Gasteiger partial charge is 0.194 e. The van der Waals surface area contributed by atoms with Crippen LogP contribution in [0, 0.1) is 0 Å². The third-order valence-electron chi connectivity index (χ3n) is 8.07. The fraction of sp³-hybridized carbons (Fsp3) is 0.294. The van der Waals surface area contributed by atoms with E-state index in [9.17, 15) is 9.59 Å². The minimum atomic E-state index is -1.03. The van der Waals surface area contributed by atoms with E-state index in [1.807, 2.05) is 30.4 Å². The number of allylic oxidation sites excluding steroid dienone is 6. The maximum Gasteiger partial charge on any atom is 0.194 e. The molecule has 37 heavy (non-hydrogen) atoms. The van der Waals surface area contributed by atoms with Gasteiger partial charge in [0.15, 0.2) is 11.6 Å². The average Bonchev–Trinajstić information content (AvgIpc) is 3.10. The molecular weight excluding hydrogens is 472 g/mol. The summed E-state index contributed by atoms with van der Waals surface area (Å²) in [5.74, 6) is -0.144. The van der Waals surface area contributed by atoms with Crippen LogP contribution in [0.4, 0.5) is 0 Å². The van der Waals surface area contributed by atoms with Crippen molar-refractivity contribution in [2.24, 2.45) is 0 Å². The molecule has 2 aliphatic carbocycles. The predicted molar refractivity (Wildman–Crippen MR) is 159 cm³/mol. The van der Waals surface area contributed by atoms with Crippen LogP contribution >= 0.6 is 10.0 Å². The summed E-state index contributed by atoms with van der Waals surface area (Å²) in [4.78, 5) is 28.0. The fourth-order valence-corrected chi connectivity index (χ4v) is 12.1.